The van der Waals surface area contributed by atoms with Gasteiger partial charge in [-0.3, -0.25) is 9.59 Å². The molecule has 3 aromatic carbocycles. The topological polar surface area (TPSA) is 49.4 Å². The van der Waals surface area contributed by atoms with Crippen molar-refractivity contribution in [3.8, 4) is 0 Å². The van der Waals surface area contributed by atoms with Crippen molar-refractivity contribution in [2.24, 2.45) is 0 Å². The van der Waals surface area contributed by atoms with Crippen LogP contribution in [0.1, 0.15) is 43.2 Å². The van der Waals surface area contributed by atoms with Crippen LogP contribution < -0.4 is 5.32 Å². The first-order valence-corrected chi connectivity index (χ1v) is 14.9. The van der Waals surface area contributed by atoms with Crippen LogP contribution in [0.15, 0.2) is 88.2 Å². The Bertz CT molecular complexity index is 1150. The summed E-state index contributed by atoms with van der Waals surface area (Å²) in [5.74, 6) is 0.0977. The number of hydrogen-bond donors (Lipinski definition) is 1. The molecule has 1 aliphatic rings. The Hall–Kier alpha value is -2.28. The van der Waals surface area contributed by atoms with Crippen molar-refractivity contribution in [2.75, 3.05) is 5.75 Å². The highest BCUT2D eigenvalue weighted by Gasteiger charge is 2.31. The molecule has 2 amide bonds. The maximum Gasteiger partial charge on any atom is 0.243 e. The normalized spacial score (nSPS) is 14.6. The molecule has 1 saturated carbocycles. The largest absolute Gasteiger partial charge is 0.352 e. The molecule has 0 spiro atoms. The second-order valence-corrected chi connectivity index (χ2v) is 11.8. The minimum Gasteiger partial charge on any atom is -0.352 e. The van der Waals surface area contributed by atoms with Crippen LogP contribution in [0.3, 0.4) is 0 Å². The molecular formula is C30H32BrClN2O2S. The summed E-state index contributed by atoms with van der Waals surface area (Å²) >= 11 is 11.0. The summed E-state index contributed by atoms with van der Waals surface area (Å²) in [5, 5.41) is 3.95. The Morgan fingerprint density at radius 1 is 0.919 bits per heavy atom. The summed E-state index contributed by atoms with van der Waals surface area (Å²) in [5.41, 5.74) is 2.02. The number of rotatable bonds is 10. The van der Waals surface area contributed by atoms with Crippen LogP contribution in [0.4, 0.5) is 0 Å². The summed E-state index contributed by atoms with van der Waals surface area (Å²) in [6.45, 7) is 0.364. The van der Waals surface area contributed by atoms with E-state index in [4.69, 9.17) is 11.6 Å². The zero-order valence-electron chi connectivity index (χ0n) is 20.7. The molecule has 3 aromatic rings. The number of carbonyl (C=O) groups excluding carboxylic acids is 2. The highest BCUT2D eigenvalue weighted by atomic mass is 79.9. The van der Waals surface area contributed by atoms with Crippen LogP contribution in [0.2, 0.25) is 5.02 Å². The monoisotopic (exact) mass is 598 g/mol. The number of nitrogens with zero attached hydrogens (tertiary/aromatic N) is 1. The lowest BCUT2D eigenvalue weighted by Gasteiger charge is -2.33. The van der Waals surface area contributed by atoms with E-state index in [2.05, 4.69) is 21.2 Å². The van der Waals surface area contributed by atoms with Crippen molar-refractivity contribution in [2.45, 2.75) is 62.0 Å². The van der Waals surface area contributed by atoms with E-state index in [1.54, 1.807) is 4.90 Å². The van der Waals surface area contributed by atoms with Crippen molar-refractivity contribution in [3.05, 3.63) is 99.5 Å². The first-order valence-electron chi connectivity index (χ1n) is 12.7. The molecule has 0 heterocycles. The lowest BCUT2D eigenvalue weighted by Crippen LogP contribution is -2.53. The minimum atomic E-state index is -0.605. The molecule has 0 aliphatic heterocycles. The fourth-order valence-corrected chi connectivity index (χ4v) is 5.82. The predicted octanol–water partition coefficient (Wildman–Crippen LogP) is 7.28. The van der Waals surface area contributed by atoms with Gasteiger partial charge >= 0.3 is 0 Å². The number of thioether (sulfide) groups is 1. The summed E-state index contributed by atoms with van der Waals surface area (Å²) in [7, 11) is 0. The SMILES string of the molecule is O=C(NC1CCCCC1)[C@@H](Cc1ccccc1)N(Cc1ccc(Br)cc1)C(=O)CSc1ccc(Cl)cc1. The van der Waals surface area contributed by atoms with Gasteiger partial charge in [0.15, 0.2) is 0 Å². The third-order valence-electron chi connectivity index (χ3n) is 6.66. The minimum absolute atomic E-state index is 0.0670. The molecule has 194 valence electrons. The van der Waals surface area contributed by atoms with E-state index in [1.165, 1.54) is 18.2 Å². The van der Waals surface area contributed by atoms with Crippen LogP contribution >= 0.6 is 39.3 Å². The molecule has 1 aliphatic carbocycles. The zero-order valence-corrected chi connectivity index (χ0v) is 23.9. The van der Waals surface area contributed by atoms with Crippen molar-refractivity contribution >= 4 is 51.1 Å². The second-order valence-electron chi connectivity index (χ2n) is 9.44. The maximum absolute atomic E-state index is 13.8. The van der Waals surface area contributed by atoms with E-state index in [1.807, 2.05) is 78.9 Å². The number of amides is 2. The summed E-state index contributed by atoms with van der Waals surface area (Å²) < 4.78 is 0.975. The first kappa shape index (κ1) is 27.7. The Kier molecular flexibility index (Phi) is 10.5. The Morgan fingerprint density at radius 2 is 1.59 bits per heavy atom. The lowest BCUT2D eigenvalue weighted by molar-refractivity contribution is -0.139. The van der Waals surface area contributed by atoms with Gasteiger partial charge < -0.3 is 10.2 Å². The highest BCUT2D eigenvalue weighted by molar-refractivity contribution is 9.10. The molecule has 4 rings (SSSR count). The molecule has 0 saturated heterocycles. The van der Waals surface area contributed by atoms with Gasteiger partial charge in [-0.25, -0.2) is 0 Å². The Balaban J connectivity index is 1.59. The number of hydrogen-bond acceptors (Lipinski definition) is 3. The Labute approximate surface area is 237 Å². The molecule has 1 fully saturated rings. The highest BCUT2D eigenvalue weighted by Crippen LogP contribution is 2.24. The predicted molar refractivity (Wildman–Crippen MR) is 156 cm³/mol. The molecule has 0 unspecified atom stereocenters. The zero-order chi connectivity index (χ0) is 26.0. The average molecular weight is 600 g/mol. The van der Waals surface area contributed by atoms with Crippen LogP contribution in [0.25, 0.3) is 0 Å². The van der Waals surface area contributed by atoms with Gasteiger partial charge in [0.1, 0.15) is 6.04 Å². The molecule has 4 nitrogen and oxygen atoms in total. The van der Waals surface area contributed by atoms with E-state index in [0.717, 1.165) is 46.2 Å². The van der Waals surface area contributed by atoms with Crippen LogP contribution in [-0.4, -0.2) is 34.6 Å². The maximum atomic E-state index is 13.8. The van der Waals surface area contributed by atoms with E-state index in [0.29, 0.717) is 18.0 Å². The van der Waals surface area contributed by atoms with Gasteiger partial charge in [0, 0.05) is 33.4 Å². The molecule has 0 bridgehead atoms. The molecule has 1 atom stereocenters. The van der Waals surface area contributed by atoms with Crippen molar-refractivity contribution in [1.29, 1.82) is 0 Å². The average Bonchev–Trinajstić information content (AvgIpc) is 2.92. The van der Waals surface area contributed by atoms with Crippen LogP contribution in [0.5, 0.6) is 0 Å². The van der Waals surface area contributed by atoms with E-state index < -0.39 is 6.04 Å². The fourth-order valence-electron chi connectivity index (χ4n) is 4.64. The van der Waals surface area contributed by atoms with Gasteiger partial charge in [0.05, 0.1) is 5.75 Å². The van der Waals surface area contributed by atoms with Crippen molar-refractivity contribution in [1.82, 2.24) is 10.2 Å². The number of nitrogens with one attached hydrogen (secondary N) is 1. The fraction of sp³-hybridized carbons (Fsp3) is 0.333. The van der Waals surface area contributed by atoms with Gasteiger partial charge in [0.2, 0.25) is 11.8 Å². The second kappa shape index (κ2) is 14.0. The summed E-state index contributed by atoms with van der Waals surface area (Å²) in [6.07, 6.45) is 5.94. The number of halogens is 2. The van der Waals surface area contributed by atoms with Crippen LogP contribution in [-0.2, 0) is 22.6 Å². The summed E-state index contributed by atoms with van der Waals surface area (Å²) in [6, 6.07) is 24.9. The van der Waals surface area contributed by atoms with Gasteiger partial charge in [-0.05, 0) is 60.4 Å². The molecule has 0 aromatic heterocycles. The van der Waals surface area contributed by atoms with E-state index in [-0.39, 0.29) is 23.6 Å². The van der Waals surface area contributed by atoms with E-state index >= 15 is 0 Å². The molecule has 0 radical (unpaired) electrons. The molecular weight excluding hydrogens is 568 g/mol. The molecule has 37 heavy (non-hydrogen) atoms. The van der Waals surface area contributed by atoms with Crippen molar-refractivity contribution in [3.63, 3.8) is 0 Å². The van der Waals surface area contributed by atoms with Gasteiger partial charge in [-0.15, -0.1) is 11.8 Å². The quantitative estimate of drug-likeness (QED) is 0.249. The number of benzene rings is 3. The van der Waals surface area contributed by atoms with Crippen LogP contribution in [0, 0.1) is 0 Å². The molecule has 7 heteroatoms. The third-order valence-corrected chi connectivity index (χ3v) is 8.44. The standard InChI is InChI=1S/C30H32BrClN2O2S/c31-24-13-11-23(12-14-24)20-34(29(35)21-37-27-17-15-25(32)16-18-27)28(19-22-7-3-1-4-8-22)30(36)33-26-9-5-2-6-10-26/h1,3-4,7-8,11-18,26,28H,2,5-6,9-10,19-21H2,(H,33,36)/t28-/m1/s1. The smallest absolute Gasteiger partial charge is 0.243 e. The number of carbonyl (C=O) groups is 2. The Morgan fingerprint density at radius 3 is 2.27 bits per heavy atom. The first-order chi connectivity index (χ1) is 18.0. The van der Waals surface area contributed by atoms with Crippen molar-refractivity contribution < 1.29 is 9.59 Å². The molecule has 1 N–H and O–H groups in total. The van der Waals surface area contributed by atoms with Gasteiger partial charge in [-0.1, -0.05) is 89.3 Å². The lowest BCUT2D eigenvalue weighted by atomic mass is 9.94. The van der Waals surface area contributed by atoms with Gasteiger partial charge in [0.25, 0.3) is 0 Å². The van der Waals surface area contributed by atoms with Gasteiger partial charge in [-0.2, -0.15) is 0 Å². The van der Waals surface area contributed by atoms with E-state index in [9.17, 15) is 9.59 Å². The third kappa shape index (κ3) is 8.62. The summed E-state index contributed by atoms with van der Waals surface area (Å²) in [4.78, 5) is 30.3.